The summed E-state index contributed by atoms with van der Waals surface area (Å²) < 4.78 is 20.9. The molecular formula is C25H24FN3O4S3. The first-order valence-electron chi connectivity index (χ1n) is 11.2. The van der Waals surface area contributed by atoms with Crippen molar-refractivity contribution in [3.05, 3.63) is 44.8 Å². The molecule has 0 aliphatic heterocycles. The highest BCUT2D eigenvalue weighted by Crippen LogP contribution is 2.40. The van der Waals surface area contributed by atoms with Gasteiger partial charge in [0, 0.05) is 4.88 Å². The average molecular weight is 546 g/mol. The number of hydrogen-bond acceptors (Lipinski definition) is 7. The largest absolute Gasteiger partial charge is 0.465 e. The first-order chi connectivity index (χ1) is 17.3. The number of carbonyl (C=O) groups is 3. The summed E-state index contributed by atoms with van der Waals surface area (Å²) in [7, 11) is 1.33. The Morgan fingerprint density at radius 2 is 2.14 bits per heavy atom. The molecule has 0 bridgehead atoms. The molecule has 11 heteroatoms. The van der Waals surface area contributed by atoms with Gasteiger partial charge in [0.05, 0.1) is 40.9 Å². The number of amides is 2. The molecule has 36 heavy (non-hydrogen) atoms. The number of rotatable bonds is 7. The minimum Gasteiger partial charge on any atom is -0.465 e. The average Bonchev–Trinajstić information content (AvgIpc) is 3.35. The Balaban J connectivity index is 1.42. The second-order valence-electron chi connectivity index (χ2n) is 8.38. The van der Waals surface area contributed by atoms with Crippen molar-refractivity contribution >= 4 is 67.4 Å². The molecule has 2 aromatic heterocycles. The molecule has 7 nitrogen and oxygen atoms in total. The SMILES string of the molecule is C#CCn1c(=NC(=O)CSCC(=O)Nc2sc3c(c2C(=O)OC)CCC(C)C3)sc2cc(F)ccc21. The van der Waals surface area contributed by atoms with Crippen molar-refractivity contribution in [2.24, 2.45) is 10.9 Å². The van der Waals surface area contributed by atoms with E-state index in [1.54, 1.807) is 10.6 Å². The van der Waals surface area contributed by atoms with Crippen LogP contribution in [0, 0.1) is 24.1 Å². The van der Waals surface area contributed by atoms with Crippen molar-refractivity contribution in [3.8, 4) is 12.3 Å². The van der Waals surface area contributed by atoms with Gasteiger partial charge in [-0.15, -0.1) is 29.5 Å². The summed E-state index contributed by atoms with van der Waals surface area (Å²) >= 11 is 3.71. The molecule has 1 aliphatic carbocycles. The molecule has 0 spiro atoms. The summed E-state index contributed by atoms with van der Waals surface area (Å²) in [5.74, 6) is 1.46. The highest BCUT2D eigenvalue weighted by molar-refractivity contribution is 8.00. The molecule has 0 radical (unpaired) electrons. The van der Waals surface area contributed by atoms with Crippen LogP contribution in [0.1, 0.15) is 34.1 Å². The maximum absolute atomic E-state index is 13.6. The third-order valence-corrected chi connectivity index (χ3v) is 8.86. The van der Waals surface area contributed by atoms with Crippen molar-refractivity contribution in [2.75, 3.05) is 23.9 Å². The smallest absolute Gasteiger partial charge is 0.341 e. The van der Waals surface area contributed by atoms with E-state index in [-0.39, 0.29) is 29.8 Å². The lowest BCUT2D eigenvalue weighted by atomic mass is 9.88. The zero-order chi connectivity index (χ0) is 25.8. The zero-order valence-electron chi connectivity index (χ0n) is 19.8. The van der Waals surface area contributed by atoms with E-state index in [1.807, 2.05) is 0 Å². The van der Waals surface area contributed by atoms with Gasteiger partial charge >= 0.3 is 5.97 Å². The number of carbonyl (C=O) groups excluding carboxylic acids is 3. The molecular weight excluding hydrogens is 521 g/mol. The quantitative estimate of drug-likeness (QED) is 0.354. The second kappa shape index (κ2) is 11.4. The minimum absolute atomic E-state index is 0.0167. The first-order valence-corrected chi connectivity index (χ1v) is 14.0. The first kappa shape index (κ1) is 26.1. The number of terminal acetylenes is 1. The monoisotopic (exact) mass is 545 g/mol. The van der Waals surface area contributed by atoms with Crippen molar-refractivity contribution in [3.63, 3.8) is 0 Å². The summed E-state index contributed by atoms with van der Waals surface area (Å²) in [6.45, 7) is 2.36. The molecule has 1 aliphatic rings. The van der Waals surface area contributed by atoms with Gasteiger partial charge in [0.25, 0.3) is 5.91 Å². The van der Waals surface area contributed by atoms with E-state index in [9.17, 15) is 18.8 Å². The number of halogens is 1. The molecule has 0 fully saturated rings. The van der Waals surface area contributed by atoms with Crippen LogP contribution in [0.5, 0.6) is 0 Å². The zero-order valence-corrected chi connectivity index (χ0v) is 22.2. The lowest BCUT2D eigenvalue weighted by Gasteiger charge is -2.18. The summed E-state index contributed by atoms with van der Waals surface area (Å²) in [4.78, 5) is 43.1. The number of nitrogens with zero attached hydrogens (tertiary/aromatic N) is 2. The number of thiophene rings is 1. The molecule has 1 N–H and O–H groups in total. The van der Waals surface area contributed by atoms with Crippen LogP contribution in [0.15, 0.2) is 23.2 Å². The molecule has 1 atom stereocenters. The maximum atomic E-state index is 13.6. The summed E-state index contributed by atoms with van der Waals surface area (Å²) in [6.07, 6.45) is 8.08. The van der Waals surface area contributed by atoms with Gasteiger partial charge in [-0.2, -0.15) is 4.99 Å². The van der Waals surface area contributed by atoms with Gasteiger partial charge in [-0.1, -0.05) is 24.2 Å². The number of anilines is 1. The summed E-state index contributed by atoms with van der Waals surface area (Å²) in [5, 5.41) is 3.32. The van der Waals surface area contributed by atoms with Crippen LogP contribution < -0.4 is 10.1 Å². The third-order valence-electron chi connectivity index (χ3n) is 5.73. The van der Waals surface area contributed by atoms with Crippen LogP contribution >= 0.6 is 34.4 Å². The molecule has 0 saturated carbocycles. The number of thiazole rings is 1. The standard InChI is InChI=1S/C25H24FN3O4S3/c1-4-9-29-17-8-6-15(26)11-19(17)36-25(29)28-21(31)13-34-12-20(30)27-23-22(24(32)33-3)16-7-5-14(2)10-18(16)35-23/h1,6,8,11,14H,5,7,9-10,12-13H2,2-3H3,(H,27,30). The van der Waals surface area contributed by atoms with Crippen LogP contribution in [0.3, 0.4) is 0 Å². The van der Waals surface area contributed by atoms with E-state index in [4.69, 9.17) is 11.2 Å². The van der Waals surface area contributed by atoms with Crippen molar-refractivity contribution < 1.29 is 23.5 Å². The Hall–Kier alpha value is -2.94. The van der Waals surface area contributed by atoms with E-state index < -0.39 is 11.9 Å². The number of benzene rings is 1. The van der Waals surface area contributed by atoms with Crippen molar-refractivity contribution in [1.29, 1.82) is 0 Å². The fraction of sp³-hybridized carbons (Fsp3) is 0.360. The molecule has 0 saturated heterocycles. The number of methoxy groups -OCH3 is 1. The lowest BCUT2D eigenvalue weighted by molar-refractivity contribution is -0.115. The Morgan fingerprint density at radius 1 is 1.33 bits per heavy atom. The topological polar surface area (TPSA) is 89.8 Å². The molecule has 2 heterocycles. The Morgan fingerprint density at radius 3 is 2.89 bits per heavy atom. The second-order valence-corrected chi connectivity index (χ2v) is 11.5. The van der Waals surface area contributed by atoms with Crippen LogP contribution in [-0.4, -0.2) is 41.0 Å². The number of fused-ring (bicyclic) bond motifs is 2. The van der Waals surface area contributed by atoms with Crippen molar-refractivity contribution in [2.45, 2.75) is 32.7 Å². The van der Waals surface area contributed by atoms with Crippen LogP contribution in [0.25, 0.3) is 10.2 Å². The molecule has 3 aromatic rings. The Kier molecular flexibility index (Phi) is 8.28. The normalized spacial score (nSPS) is 15.4. The van der Waals surface area contributed by atoms with Gasteiger partial charge in [-0.25, -0.2) is 9.18 Å². The Bertz CT molecular complexity index is 1450. The highest BCUT2D eigenvalue weighted by Gasteiger charge is 2.28. The Labute approximate surface area is 219 Å². The summed E-state index contributed by atoms with van der Waals surface area (Å²) in [5.41, 5.74) is 2.10. The number of ether oxygens (including phenoxy) is 1. The number of nitrogens with one attached hydrogen (secondary N) is 1. The summed E-state index contributed by atoms with van der Waals surface area (Å²) in [6, 6.07) is 4.31. The lowest BCUT2D eigenvalue weighted by Crippen LogP contribution is -2.19. The van der Waals surface area contributed by atoms with Gasteiger partial charge in [-0.3, -0.25) is 9.59 Å². The van der Waals surface area contributed by atoms with E-state index in [2.05, 4.69) is 23.2 Å². The minimum atomic E-state index is -0.456. The number of aromatic nitrogens is 1. The fourth-order valence-electron chi connectivity index (χ4n) is 4.07. The van der Waals surface area contributed by atoms with Crippen molar-refractivity contribution in [1.82, 2.24) is 4.57 Å². The molecule has 4 rings (SSSR count). The third kappa shape index (κ3) is 5.72. The van der Waals surface area contributed by atoms with Crippen LogP contribution in [0.4, 0.5) is 9.39 Å². The van der Waals surface area contributed by atoms with Gasteiger partial charge in [0.15, 0.2) is 4.80 Å². The van der Waals surface area contributed by atoms with E-state index in [0.29, 0.717) is 31.5 Å². The predicted octanol–water partition coefficient (Wildman–Crippen LogP) is 4.25. The van der Waals surface area contributed by atoms with Gasteiger partial charge < -0.3 is 14.6 Å². The highest BCUT2D eigenvalue weighted by atomic mass is 32.2. The molecule has 1 aromatic carbocycles. The van der Waals surface area contributed by atoms with Gasteiger partial charge in [0.2, 0.25) is 5.91 Å². The maximum Gasteiger partial charge on any atom is 0.341 e. The fourth-order valence-corrected chi connectivity index (χ4v) is 7.15. The van der Waals surface area contributed by atoms with E-state index in [1.165, 1.54) is 41.9 Å². The van der Waals surface area contributed by atoms with E-state index >= 15 is 0 Å². The predicted molar refractivity (Wildman–Crippen MR) is 142 cm³/mol. The number of esters is 1. The molecule has 2 amide bonds. The number of thioether (sulfide) groups is 1. The van der Waals surface area contributed by atoms with Crippen LogP contribution in [-0.2, 0) is 33.7 Å². The van der Waals surface area contributed by atoms with E-state index in [0.717, 1.165) is 41.5 Å². The van der Waals surface area contributed by atoms with Gasteiger partial charge in [0.1, 0.15) is 10.8 Å². The van der Waals surface area contributed by atoms with Crippen LogP contribution in [0.2, 0.25) is 0 Å². The number of hydrogen-bond donors (Lipinski definition) is 1. The van der Waals surface area contributed by atoms with Gasteiger partial charge in [-0.05, 0) is 48.9 Å². The molecule has 188 valence electrons. The molecule has 1 unspecified atom stereocenters.